The van der Waals surface area contributed by atoms with E-state index in [1.807, 2.05) is 12.3 Å². The van der Waals surface area contributed by atoms with Gasteiger partial charge in [0.2, 0.25) is 0 Å². The van der Waals surface area contributed by atoms with Gasteiger partial charge in [0.25, 0.3) is 0 Å². The molecule has 0 aliphatic rings. The molecule has 0 aliphatic heterocycles. The van der Waals surface area contributed by atoms with E-state index >= 15 is 0 Å². The number of halogens is 1. The van der Waals surface area contributed by atoms with Crippen LogP contribution in [0.15, 0.2) is 29.6 Å². The van der Waals surface area contributed by atoms with Gasteiger partial charge < -0.3 is 10.4 Å². The first-order valence-electron chi connectivity index (χ1n) is 5.71. The Bertz CT molecular complexity index is 515. The van der Waals surface area contributed by atoms with Gasteiger partial charge in [-0.15, -0.1) is 11.3 Å². The van der Waals surface area contributed by atoms with Gasteiger partial charge in [-0.1, -0.05) is 18.2 Å². The van der Waals surface area contributed by atoms with Crippen LogP contribution in [0.2, 0.25) is 0 Å². The van der Waals surface area contributed by atoms with E-state index in [2.05, 4.69) is 10.3 Å². The molecule has 0 saturated heterocycles. The quantitative estimate of drug-likeness (QED) is 0.873. The molecule has 1 heterocycles. The summed E-state index contributed by atoms with van der Waals surface area (Å²) in [6.45, 7) is 2.83. The Morgan fingerprint density at radius 3 is 2.89 bits per heavy atom. The third kappa shape index (κ3) is 3.35. The van der Waals surface area contributed by atoms with E-state index in [0.717, 1.165) is 10.7 Å². The highest BCUT2D eigenvalue weighted by molar-refractivity contribution is 7.09. The lowest BCUT2D eigenvalue weighted by Gasteiger charge is -2.12. The Morgan fingerprint density at radius 2 is 2.22 bits per heavy atom. The van der Waals surface area contributed by atoms with E-state index in [9.17, 15) is 9.50 Å². The van der Waals surface area contributed by atoms with Gasteiger partial charge in [0.15, 0.2) is 0 Å². The minimum atomic E-state index is -0.842. The van der Waals surface area contributed by atoms with Gasteiger partial charge in [-0.3, -0.25) is 0 Å². The van der Waals surface area contributed by atoms with Crippen LogP contribution < -0.4 is 5.32 Å². The van der Waals surface area contributed by atoms with Crippen LogP contribution in [0.3, 0.4) is 0 Å². The highest BCUT2D eigenvalue weighted by Gasteiger charge is 2.11. The Morgan fingerprint density at radius 1 is 1.44 bits per heavy atom. The fraction of sp³-hybridized carbons (Fsp3) is 0.308. The summed E-state index contributed by atoms with van der Waals surface area (Å²) in [5, 5.41) is 15.9. The number of aliphatic hydroxyl groups excluding tert-OH is 1. The fourth-order valence-electron chi connectivity index (χ4n) is 1.68. The molecule has 2 N–H and O–H groups in total. The molecule has 1 atom stereocenters. The second-order valence-corrected chi connectivity index (χ2v) is 5.09. The molecule has 1 aromatic heterocycles. The molecule has 0 radical (unpaired) electrons. The molecule has 2 aromatic rings. The lowest BCUT2D eigenvalue weighted by Crippen LogP contribution is -2.21. The van der Waals surface area contributed by atoms with Gasteiger partial charge in [-0.05, 0) is 13.0 Å². The zero-order valence-corrected chi connectivity index (χ0v) is 10.9. The molecule has 0 spiro atoms. The van der Waals surface area contributed by atoms with Crippen LogP contribution in [0.5, 0.6) is 0 Å². The second kappa shape index (κ2) is 6.04. The number of aromatic nitrogens is 1. The lowest BCUT2D eigenvalue weighted by atomic mass is 10.1. The molecule has 0 amide bonds. The molecule has 0 saturated carbocycles. The smallest absolute Gasteiger partial charge is 0.129 e. The molecule has 1 unspecified atom stereocenters. The molecule has 2 rings (SSSR count). The van der Waals surface area contributed by atoms with E-state index in [1.165, 1.54) is 6.07 Å². The fourth-order valence-corrected chi connectivity index (χ4v) is 2.29. The van der Waals surface area contributed by atoms with Crippen LogP contribution in [0, 0.1) is 12.7 Å². The number of nitrogens with one attached hydrogen (secondary N) is 1. The second-order valence-electron chi connectivity index (χ2n) is 4.03. The first-order valence-corrected chi connectivity index (χ1v) is 6.59. The van der Waals surface area contributed by atoms with E-state index in [1.54, 1.807) is 29.5 Å². The van der Waals surface area contributed by atoms with Gasteiger partial charge in [-0.25, -0.2) is 9.37 Å². The van der Waals surface area contributed by atoms with Gasteiger partial charge >= 0.3 is 0 Å². The number of thiazole rings is 1. The van der Waals surface area contributed by atoms with Crippen molar-refractivity contribution in [3.05, 3.63) is 51.7 Å². The van der Waals surface area contributed by atoms with Crippen molar-refractivity contribution in [1.29, 1.82) is 0 Å². The number of hydrogen-bond donors (Lipinski definition) is 2. The molecule has 0 fully saturated rings. The first kappa shape index (κ1) is 13.1. The molecular formula is C13H15FN2OS. The Labute approximate surface area is 109 Å². The Hall–Kier alpha value is -1.30. The predicted octanol–water partition coefficient (Wildman–Crippen LogP) is 2.41. The maximum Gasteiger partial charge on any atom is 0.129 e. The molecule has 18 heavy (non-hydrogen) atoms. The SMILES string of the molecule is Cc1nc(CNCC(O)c2ccccc2F)cs1. The van der Waals surface area contributed by atoms with Gasteiger partial charge in [0.1, 0.15) is 5.82 Å². The van der Waals surface area contributed by atoms with Gasteiger partial charge in [-0.2, -0.15) is 0 Å². The van der Waals surface area contributed by atoms with E-state index in [0.29, 0.717) is 18.7 Å². The summed E-state index contributed by atoms with van der Waals surface area (Å²) in [5.41, 5.74) is 1.26. The molecular weight excluding hydrogens is 251 g/mol. The summed E-state index contributed by atoms with van der Waals surface area (Å²) < 4.78 is 13.4. The van der Waals surface area contributed by atoms with Crippen LogP contribution in [-0.2, 0) is 6.54 Å². The average Bonchev–Trinajstić information content (AvgIpc) is 2.75. The van der Waals surface area contributed by atoms with Crippen molar-refractivity contribution in [2.45, 2.75) is 19.6 Å². The van der Waals surface area contributed by atoms with Crippen molar-refractivity contribution >= 4 is 11.3 Å². The summed E-state index contributed by atoms with van der Waals surface area (Å²) in [5.74, 6) is -0.378. The van der Waals surface area contributed by atoms with Crippen molar-refractivity contribution < 1.29 is 9.50 Å². The molecule has 0 bridgehead atoms. The highest BCUT2D eigenvalue weighted by Crippen LogP contribution is 2.15. The standard InChI is InChI=1S/C13H15FN2OS/c1-9-16-10(8-18-9)6-15-7-13(17)11-4-2-3-5-12(11)14/h2-5,8,13,15,17H,6-7H2,1H3. The molecule has 0 aliphatic carbocycles. The van der Waals surface area contributed by atoms with Crippen LogP contribution in [0.25, 0.3) is 0 Å². The molecule has 5 heteroatoms. The summed E-state index contributed by atoms with van der Waals surface area (Å²) in [4.78, 5) is 4.30. The first-order chi connectivity index (χ1) is 8.66. The average molecular weight is 266 g/mol. The summed E-state index contributed by atoms with van der Waals surface area (Å²) in [6.07, 6.45) is -0.842. The summed E-state index contributed by atoms with van der Waals surface area (Å²) in [7, 11) is 0. The zero-order chi connectivity index (χ0) is 13.0. The molecule has 3 nitrogen and oxygen atoms in total. The maximum absolute atomic E-state index is 13.4. The van der Waals surface area contributed by atoms with Crippen molar-refractivity contribution in [2.24, 2.45) is 0 Å². The Kier molecular flexibility index (Phi) is 4.41. The predicted molar refractivity (Wildman–Crippen MR) is 69.9 cm³/mol. The number of nitrogens with zero attached hydrogens (tertiary/aromatic N) is 1. The summed E-state index contributed by atoms with van der Waals surface area (Å²) >= 11 is 1.59. The van der Waals surface area contributed by atoms with Crippen LogP contribution in [-0.4, -0.2) is 16.6 Å². The minimum Gasteiger partial charge on any atom is -0.387 e. The maximum atomic E-state index is 13.4. The lowest BCUT2D eigenvalue weighted by molar-refractivity contribution is 0.169. The topological polar surface area (TPSA) is 45.2 Å². The van der Waals surface area contributed by atoms with Crippen molar-refractivity contribution in [1.82, 2.24) is 10.3 Å². The normalized spacial score (nSPS) is 12.6. The van der Waals surface area contributed by atoms with E-state index < -0.39 is 6.10 Å². The van der Waals surface area contributed by atoms with Crippen molar-refractivity contribution in [3.63, 3.8) is 0 Å². The summed E-state index contributed by atoms with van der Waals surface area (Å²) in [6, 6.07) is 6.26. The number of aliphatic hydroxyl groups is 1. The third-order valence-electron chi connectivity index (χ3n) is 2.57. The third-order valence-corrected chi connectivity index (χ3v) is 3.40. The molecule has 1 aromatic carbocycles. The van der Waals surface area contributed by atoms with Crippen molar-refractivity contribution in [2.75, 3.05) is 6.54 Å². The van der Waals surface area contributed by atoms with Crippen molar-refractivity contribution in [3.8, 4) is 0 Å². The zero-order valence-electron chi connectivity index (χ0n) is 10.1. The highest BCUT2D eigenvalue weighted by atomic mass is 32.1. The molecule has 96 valence electrons. The van der Waals surface area contributed by atoms with E-state index in [4.69, 9.17) is 0 Å². The van der Waals surface area contributed by atoms with Crippen LogP contribution in [0.4, 0.5) is 4.39 Å². The number of aryl methyl sites for hydroxylation is 1. The largest absolute Gasteiger partial charge is 0.387 e. The monoisotopic (exact) mass is 266 g/mol. The number of hydrogen-bond acceptors (Lipinski definition) is 4. The minimum absolute atomic E-state index is 0.303. The Balaban J connectivity index is 1.85. The van der Waals surface area contributed by atoms with Gasteiger partial charge in [0, 0.05) is 24.0 Å². The van der Waals surface area contributed by atoms with Crippen LogP contribution in [0.1, 0.15) is 22.4 Å². The van der Waals surface area contributed by atoms with Crippen LogP contribution >= 0.6 is 11.3 Å². The van der Waals surface area contributed by atoms with E-state index in [-0.39, 0.29) is 5.82 Å². The van der Waals surface area contributed by atoms with Gasteiger partial charge in [0.05, 0.1) is 16.8 Å². The number of rotatable bonds is 5. The number of benzene rings is 1.